The summed E-state index contributed by atoms with van der Waals surface area (Å²) in [4.78, 5) is 22.6. The molecule has 5 nitrogen and oxygen atoms in total. The lowest BCUT2D eigenvalue weighted by molar-refractivity contribution is -0.147. The van der Waals surface area contributed by atoms with Crippen molar-refractivity contribution < 1.29 is 14.7 Å². The van der Waals surface area contributed by atoms with Crippen LogP contribution in [0.3, 0.4) is 0 Å². The lowest BCUT2D eigenvalue weighted by Crippen LogP contribution is -2.55. The second-order valence-corrected chi connectivity index (χ2v) is 4.73. The van der Waals surface area contributed by atoms with Crippen LogP contribution in [0.5, 0.6) is 0 Å². The predicted molar refractivity (Wildman–Crippen MR) is 61.9 cm³/mol. The number of rotatable bonds is 6. The zero-order valence-electron chi connectivity index (χ0n) is 10.5. The molecule has 0 aliphatic rings. The van der Waals surface area contributed by atoms with Crippen LogP contribution in [-0.4, -0.2) is 29.1 Å². The Kier molecular flexibility index (Phi) is 4.93. The molecule has 0 aliphatic carbocycles. The maximum absolute atomic E-state index is 11.8. The largest absolute Gasteiger partial charge is 0.481 e. The van der Waals surface area contributed by atoms with Gasteiger partial charge in [-0.05, 0) is 26.7 Å². The summed E-state index contributed by atoms with van der Waals surface area (Å²) in [6.07, 6.45) is 1.06. The highest BCUT2D eigenvalue weighted by Crippen LogP contribution is 2.15. The van der Waals surface area contributed by atoms with Gasteiger partial charge in [0.15, 0.2) is 0 Å². The maximum Gasteiger partial charge on any atom is 0.310 e. The molecule has 5 heteroatoms. The Labute approximate surface area is 96.4 Å². The van der Waals surface area contributed by atoms with Crippen molar-refractivity contribution in [2.24, 2.45) is 11.1 Å². The van der Waals surface area contributed by atoms with E-state index in [4.69, 9.17) is 10.8 Å². The van der Waals surface area contributed by atoms with Crippen molar-refractivity contribution in [2.45, 2.75) is 46.1 Å². The molecular weight excluding hydrogens is 208 g/mol. The highest BCUT2D eigenvalue weighted by molar-refractivity contribution is 5.86. The Bertz CT molecular complexity index is 270. The second-order valence-electron chi connectivity index (χ2n) is 4.73. The smallest absolute Gasteiger partial charge is 0.310 e. The zero-order chi connectivity index (χ0) is 13.0. The highest BCUT2D eigenvalue weighted by atomic mass is 16.4. The van der Waals surface area contributed by atoms with Crippen LogP contribution < -0.4 is 11.1 Å². The number of aliphatic carboxylic acids is 1. The zero-order valence-corrected chi connectivity index (χ0v) is 10.5. The minimum atomic E-state index is -0.974. The van der Waals surface area contributed by atoms with Gasteiger partial charge in [0.1, 0.15) is 0 Å². The van der Waals surface area contributed by atoms with Crippen molar-refractivity contribution in [3.8, 4) is 0 Å². The van der Waals surface area contributed by atoms with E-state index < -0.39 is 16.9 Å². The molecule has 16 heavy (non-hydrogen) atoms. The van der Waals surface area contributed by atoms with Crippen LogP contribution in [0, 0.1) is 5.41 Å². The van der Waals surface area contributed by atoms with Crippen molar-refractivity contribution in [3.05, 3.63) is 0 Å². The average Bonchev–Trinajstić information content (AvgIpc) is 2.24. The molecule has 0 heterocycles. The quantitative estimate of drug-likeness (QED) is 0.627. The summed E-state index contributed by atoms with van der Waals surface area (Å²) in [7, 11) is 0. The fourth-order valence-electron chi connectivity index (χ4n) is 1.12. The number of nitrogens with two attached hydrogens (primary N) is 1. The Morgan fingerprint density at radius 2 is 1.69 bits per heavy atom. The average molecular weight is 230 g/mol. The predicted octanol–water partition coefficient (Wildman–Crippen LogP) is 0.731. The number of hydrogen-bond acceptors (Lipinski definition) is 3. The number of carbonyl (C=O) groups is 2. The van der Waals surface area contributed by atoms with E-state index in [9.17, 15) is 9.59 Å². The summed E-state index contributed by atoms with van der Waals surface area (Å²) in [5.74, 6) is -1.23. The molecule has 0 saturated carbocycles. The molecule has 0 atom stereocenters. The number of nitrogens with one attached hydrogen (secondary N) is 1. The molecule has 0 saturated heterocycles. The van der Waals surface area contributed by atoms with E-state index in [0.29, 0.717) is 12.8 Å². The number of amides is 1. The molecule has 0 bridgehead atoms. The Hall–Kier alpha value is -1.10. The SMILES string of the molecule is CCC(N)(CC)C(=O)NCC(C)(C)C(=O)O. The first-order valence-corrected chi connectivity index (χ1v) is 5.50. The monoisotopic (exact) mass is 230 g/mol. The van der Waals surface area contributed by atoms with Crippen LogP contribution in [0.25, 0.3) is 0 Å². The molecule has 0 fully saturated rings. The van der Waals surface area contributed by atoms with Crippen molar-refractivity contribution in [1.82, 2.24) is 5.32 Å². The minimum absolute atomic E-state index is 0.0834. The van der Waals surface area contributed by atoms with Crippen molar-refractivity contribution in [3.63, 3.8) is 0 Å². The van der Waals surface area contributed by atoms with Crippen LogP contribution in [0.4, 0.5) is 0 Å². The molecule has 0 unspecified atom stereocenters. The molecule has 0 aromatic rings. The highest BCUT2D eigenvalue weighted by Gasteiger charge is 2.33. The van der Waals surface area contributed by atoms with E-state index in [1.54, 1.807) is 13.8 Å². The van der Waals surface area contributed by atoms with Gasteiger partial charge in [-0.15, -0.1) is 0 Å². The van der Waals surface area contributed by atoms with Gasteiger partial charge in [0.25, 0.3) is 0 Å². The molecule has 1 amide bonds. The third kappa shape index (κ3) is 3.48. The Morgan fingerprint density at radius 3 is 2.00 bits per heavy atom. The van der Waals surface area contributed by atoms with Gasteiger partial charge in [0.05, 0.1) is 11.0 Å². The van der Waals surface area contributed by atoms with Gasteiger partial charge >= 0.3 is 5.97 Å². The normalized spacial score (nSPS) is 12.3. The number of carboxylic acids is 1. The van der Waals surface area contributed by atoms with Crippen molar-refractivity contribution in [1.29, 1.82) is 0 Å². The van der Waals surface area contributed by atoms with Crippen molar-refractivity contribution in [2.75, 3.05) is 6.54 Å². The van der Waals surface area contributed by atoms with Crippen LogP contribution in [0.2, 0.25) is 0 Å². The van der Waals surface area contributed by atoms with Crippen LogP contribution in [0.15, 0.2) is 0 Å². The lowest BCUT2D eigenvalue weighted by Gasteiger charge is -2.27. The summed E-state index contributed by atoms with van der Waals surface area (Å²) < 4.78 is 0. The van der Waals surface area contributed by atoms with E-state index in [1.807, 2.05) is 13.8 Å². The first kappa shape index (κ1) is 14.9. The van der Waals surface area contributed by atoms with Gasteiger partial charge in [0.2, 0.25) is 5.91 Å². The molecule has 0 rings (SSSR count). The summed E-state index contributed by atoms with van der Waals surface area (Å²) in [6.45, 7) is 6.88. The Morgan fingerprint density at radius 1 is 1.25 bits per heavy atom. The van der Waals surface area contributed by atoms with Gasteiger partial charge in [-0.25, -0.2) is 0 Å². The summed E-state index contributed by atoms with van der Waals surface area (Å²) in [5, 5.41) is 11.5. The Balaban J connectivity index is 4.43. The van der Waals surface area contributed by atoms with E-state index in [0.717, 1.165) is 0 Å². The van der Waals surface area contributed by atoms with Gasteiger partial charge in [-0.3, -0.25) is 9.59 Å². The summed E-state index contributed by atoms with van der Waals surface area (Å²) in [6, 6.07) is 0. The maximum atomic E-state index is 11.8. The number of hydrogen-bond donors (Lipinski definition) is 3. The molecule has 0 aliphatic heterocycles. The summed E-state index contributed by atoms with van der Waals surface area (Å²) in [5.41, 5.74) is 4.02. The molecule has 4 N–H and O–H groups in total. The first-order chi connectivity index (χ1) is 7.19. The minimum Gasteiger partial charge on any atom is -0.481 e. The van der Waals surface area contributed by atoms with E-state index in [-0.39, 0.29) is 12.5 Å². The van der Waals surface area contributed by atoms with Gasteiger partial charge in [0, 0.05) is 6.54 Å². The van der Waals surface area contributed by atoms with E-state index in [2.05, 4.69) is 5.32 Å². The number of carbonyl (C=O) groups excluding carboxylic acids is 1. The fraction of sp³-hybridized carbons (Fsp3) is 0.818. The summed E-state index contributed by atoms with van der Waals surface area (Å²) >= 11 is 0. The molecular formula is C11H22N2O3. The van der Waals surface area contributed by atoms with Crippen LogP contribution in [-0.2, 0) is 9.59 Å². The molecule has 0 spiro atoms. The second kappa shape index (κ2) is 5.30. The number of carboxylic acid groups (broad SMARTS) is 1. The first-order valence-electron chi connectivity index (χ1n) is 5.50. The molecule has 0 radical (unpaired) electrons. The van der Waals surface area contributed by atoms with Crippen LogP contribution in [0.1, 0.15) is 40.5 Å². The fourth-order valence-corrected chi connectivity index (χ4v) is 1.12. The van der Waals surface area contributed by atoms with Crippen molar-refractivity contribution >= 4 is 11.9 Å². The van der Waals surface area contributed by atoms with Gasteiger partial charge < -0.3 is 16.2 Å². The third-order valence-corrected chi connectivity index (χ3v) is 2.98. The van der Waals surface area contributed by atoms with E-state index in [1.165, 1.54) is 0 Å². The molecule has 94 valence electrons. The molecule has 0 aromatic heterocycles. The topological polar surface area (TPSA) is 92.4 Å². The third-order valence-electron chi connectivity index (χ3n) is 2.98. The van der Waals surface area contributed by atoms with Crippen LogP contribution >= 0.6 is 0 Å². The van der Waals surface area contributed by atoms with E-state index >= 15 is 0 Å². The standard InChI is InChI=1S/C11H22N2O3/c1-5-11(12,6-2)8(14)13-7-10(3,4)9(15)16/h5-7,12H2,1-4H3,(H,13,14)(H,15,16). The lowest BCUT2D eigenvalue weighted by atomic mass is 9.90. The van der Waals surface area contributed by atoms with Gasteiger partial charge in [-0.2, -0.15) is 0 Å². The molecule has 0 aromatic carbocycles. The van der Waals surface area contributed by atoms with Gasteiger partial charge in [-0.1, -0.05) is 13.8 Å².